The molecule has 0 atom stereocenters. The molecule has 0 fully saturated rings. The van der Waals surface area contributed by atoms with Crippen LogP contribution in [-0.2, 0) is 6.42 Å². The Morgan fingerprint density at radius 3 is 2.02 bits per heavy atom. The van der Waals surface area contributed by atoms with Crippen LogP contribution in [0.15, 0.2) is 134 Å². The van der Waals surface area contributed by atoms with Crippen LogP contribution in [0.3, 0.4) is 0 Å². The van der Waals surface area contributed by atoms with E-state index >= 15 is 0 Å². The van der Waals surface area contributed by atoms with E-state index in [1.807, 2.05) is 0 Å². The summed E-state index contributed by atoms with van der Waals surface area (Å²) in [4.78, 5) is 0. The van der Waals surface area contributed by atoms with Gasteiger partial charge in [0.15, 0.2) is 0 Å². The topological polar surface area (TPSA) is 17.0 Å². The van der Waals surface area contributed by atoms with Crippen LogP contribution < -0.4 is 5.32 Å². The summed E-state index contributed by atoms with van der Waals surface area (Å²) in [6.07, 6.45) is 9.92. The lowest BCUT2D eigenvalue weighted by Crippen LogP contribution is -2.02. The second-order valence-electron chi connectivity index (χ2n) is 13.1. The SMILES string of the molecule is CCc1ccc(-c2ccc3c(c2)-c2ccccc2/C=C\c2c(c4ccccc4n2-c2c(C)cccc2C)/C=C/N3)cc1-c1ccccc1C. The van der Waals surface area contributed by atoms with Gasteiger partial charge in [-0.2, -0.15) is 0 Å². The van der Waals surface area contributed by atoms with Crippen molar-refractivity contribution < 1.29 is 0 Å². The molecule has 0 saturated heterocycles. The molecule has 0 radical (unpaired) electrons. The Morgan fingerprint density at radius 1 is 0.551 bits per heavy atom. The van der Waals surface area contributed by atoms with Crippen molar-refractivity contribution in [3.8, 4) is 39.1 Å². The summed E-state index contributed by atoms with van der Waals surface area (Å²) in [6.45, 7) is 8.86. The van der Waals surface area contributed by atoms with Gasteiger partial charge < -0.3 is 9.88 Å². The maximum absolute atomic E-state index is 3.70. The summed E-state index contributed by atoms with van der Waals surface area (Å²) in [6, 6.07) is 46.5. The van der Waals surface area contributed by atoms with Crippen LogP contribution in [-0.4, -0.2) is 4.57 Å². The van der Waals surface area contributed by atoms with Crippen LogP contribution in [0.5, 0.6) is 0 Å². The normalized spacial score (nSPS) is 13.5. The van der Waals surface area contributed by atoms with Gasteiger partial charge in [0.05, 0.1) is 16.9 Å². The highest BCUT2D eigenvalue weighted by Crippen LogP contribution is 2.40. The average molecular weight is 633 g/mol. The highest BCUT2D eigenvalue weighted by Gasteiger charge is 2.19. The summed E-state index contributed by atoms with van der Waals surface area (Å²) in [5.41, 5.74) is 19.6. The smallest absolute Gasteiger partial charge is 0.0542 e. The summed E-state index contributed by atoms with van der Waals surface area (Å²) >= 11 is 0. The summed E-state index contributed by atoms with van der Waals surface area (Å²) in [5.74, 6) is 0. The van der Waals surface area contributed by atoms with Crippen LogP contribution in [0, 0.1) is 20.8 Å². The fraction of sp³-hybridized carbons (Fsp3) is 0.106. The molecule has 7 aromatic rings. The summed E-state index contributed by atoms with van der Waals surface area (Å²) in [5, 5.41) is 4.93. The lowest BCUT2D eigenvalue weighted by Gasteiger charge is -2.17. The molecule has 0 amide bonds. The van der Waals surface area contributed by atoms with Crippen molar-refractivity contribution in [3.05, 3.63) is 173 Å². The second-order valence-corrected chi connectivity index (χ2v) is 13.1. The number of para-hydroxylation sites is 2. The van der Waals surface area contributed by atoms with E-state index in [1.54, 1.807) is 0 Å². The van der Waals surface area contributed by atoms with E-state index in [-0.39, 0.29) is 0 Å². The van der Waals surface area contributed by atoms with E-state index in [9.17, 15) is 0 Å². The van der Waals surface area contributed by atoms with E-state index in [1.165, 1.54) is 83.4 Å². The number of aryl methyl sites for hydroxylation is 4. The molecule has 0 aliphatic carbocycles. The Bertz CT molecular complexity index is 2410. The van der Waals surface area contributed by atoms with Gasteiger partial charge in [0.25, 0.3) is 0 Å². The second kappa shape index (κ2) is 12.6. The van der Waals surface area contributed by atoms with E-state index in [0.717, 1.165) is 17.8 Å². The van der Waals surface area contributed by atoms with Crippen LogP contribution >= 0.6 is 0 Å². The zero-order valence-electron chi connectivity index (χ0n) is 28.6. The standard InChI is InChI=1S/C47H40N2/c1-5-34-21-22-36(29-42(34)38-17-8-6-13-31(38)2)37-23-25-44-43(30-37)39-18-9-7-16-35(39)24-26-46-41(27-28-48-44)40-19-10-11-20-45(40)49(46)47-32(3)14-12-15-33(47)4/h6-30,48H,5H2,1-4H3/b26-24-,28-27+. The van der Waals surface area contributed by atoms with Gasteiger partial charge in [-0.1, -0.05) is 116 Å². The molecule has 0 spiro atoms. The van der Waals surface area contributed by atoms with E-state index < -0.39 is 0 Å². The van der Waals surface area contributed by atoms with Crippen LogP contribution in [0.1, 0.15) is 46.0 Å². The fourth-order valence-electron chi connectivity index (χ4n) is 7.56. The minimum absolute atomic E-state index is 0.993. The highest BCUT2D eigenvalue weighted by atomic mass is 15.0. The first-order valence-corrected chi connectivity index (χ1v) is 17.3. The molecule has 8 rings (SSSR count). The predicted molar refractivity (Wildman–Crippen MR) is 211 cm³/mol. The molecule has 1 aliphatic heterocycles. The van der Waals surface area contributed by atoms with E-state index in [0.29, 0.717) is 0 Å². The van der Waals surface area contributed by atoms with Crippen molar-refractivity contribution in [1.29, 1.82) is 0 Å². The summed E-state index contributed by atoms with van der Waals surface area (Å²) < 4.78 is 2.44. The molecule has 0 saturated carbocycles. The van der Waals surface area contributed by atoms with Crippen LogP contribution in [0.2, 0.25) is 0 Å². The summed E-state index contributed by atoms with van der Waals surface area (Å²) in [7, 11) is 0. The van der Waals surface area contributed by atoms with Crippen molar-refractivity contribution in [2.24, 2.45) is 0 Å². The Labute approximate surface area is 289 Å². The molecule has 2 heterocycles. The molecule has 0 bridgehead atoms. The molecule has 2 heteroatoms. The number of anilines is 1. The first-order chi connectivity index (χ1) is 24.0. The van der Waals surface area contributed by atoms with Gasteiger partial charge in [0, 0.05) is 28.4 Å². The molecule has 1 N–H and O–H groups in total. The number of benzene rings is 6. The molecule has 2 nitrogen and oxygen atoms in total. The van der Waals surface area contributed by atoms with Crippen molar-refractivity contribution in [2.75, 3.05) is 5.32 Å². The van der Waals surface area contributed by atoms with Gasteiger partial charge in [-0.25, -0.2) is 0 Å². The number of hydrogen-bond acceptors (Lipinski definition) is 1. The van der Waals surface area contributed by atoms with Crippen molar-refractivity contribution in [2.45, 2.75) is 34.1 Å². The predicted octanol–water partition coefficient (Wildman–Crippen LogP) is 12.7. The molecule has 1 aromatic heterocycles. The van der Waals surface area contributed by atoms with Gasteiger partial charge in [0.2, 0.25) is 0 Å². The van der Waals surface area contributed by atoms with Crippen molar-refractivity contribution in [1.82, 2.24) is 4.57 Å². The van der Waals surface area contributed by atoms with E-state index in [4.69, 9.17) is 0 Å². The van der Waals surface area contributed by atoms with Gasteiger partial charge in [-0.3, -0.25) is 0 Å². The van der Waals surface area contributed by atoms with Crippen molar-refractivity contribution in [3.63, 3.8) is 0 Å². The largest absolute Gasteiger partial charge is 0.361 e. The number of aromatic nitrogens is 1. The Kier molecular flexibility index (Phi) is 7.86. The van der Waals surface area contributed by atoms with Crippen molar-refractivity contribution >= 4 is 34.8 Å². The third-order valence-corrected chi connectivity index (χ3v) is 10.1. The highest BCUT2D eigenvalue weighted by molar-refractivity contribution is 5.99. The van der Waals surface area contributed by atoms with Crippen LogP contribution in [0.4, 0.5) is 5.69 Å². The Balaban J connectivity index is 1.31. The number of hydrogen-bond donors (Lipinski definition) is 1. The van der Waals surface area contributed by atoms with Gasteiger partial charge in [-0.05, 0) is 119 Å². The van der Waals surface area contributed by atoms with Gasteiger partial charge >= 0.3 is 0 Å². The maximum atomic E-state index is 3.70. The first kappa shape index (κ1) is 30.5. The zero-order valence-corrected chi connectivity index (χ0v) is 28.6. The minimum atomic E-state index is 0.993. The molecule has 6 aromatic carbocycles. The third kappa shape index (κ3) is 5.40. The lowest BCUT2D eigenvalue weighted by molar-refractivity contribution is 1.06. The number of nitrogens with one attached hydrogen (secondary N) is 1. The zero-order chi connectivity index (χ0) is 33.5. The maximum Gasteiger partial charge on any atom is 0.0542 e. The number of nitrogens with zero attached hydrogens (tertiary/aromatic N) is 1. The monoisotopic (exact) mass is 632 g/mol. The Morgan fingerprint density at radius 2 is 1.22 bits per heavy atom. The number of fused-ring (bicyclic) bond motifs is 6. The number of rotatable bonds is 4. The molecule has 49 heavy (non-hydrogen) atoms. The minimum Gasteiger partial charge on any atom is -0.361 e. The first-order valence-electron chi connectivity index (χ1n) is 17.3. The van der Waals surface area contributed by atoms with Gasteiger partial charge in [-0.15, -0.1) is 0 Å². The molecular formula is C47H40N2. The molecule has 1 aliphatic rings. The van der Waals surface area contributed by atoms with Crippen LogP contribution in [0.25, 0.3) is 68.2 Å². The van der Waals surface area contributed by atoms with E-state index in [2.05, 4.69) is 189 Å². The Hall–Kier alpha value is -5.86. The fourth-order valence-corrected chi connectivity index (χ4v) is 7.56. The molecular weight excluding hydrogens is 593 g/mol. The average Bonchev–Trinajstić information content (AvgIpc) is 3.42. The lowest BCUT2D eigenvalue weighted by atomic mass is 9.90. The van der Waals surface area contributed by atoms with Gasteiger partial charge in [0.1, 0.15) is 0 Å². The third-order valence-electron chi connectivity index (χ3n) is 10.1. The quantitative estimate of drug-likeness (QED) is 0.204. The molecule has 0 unspecified atom stereocenters. The molecule has 238 valence electrons.